The van der Waals surface area contributed by atoms with Gasteiger partial charge in [-0.05, 0) is 24.3 Å². The first-order chi connectivity index (χ1) is 15.1. The first-order valence-electron chi connectivity index (χ1n) is 8.85. The van der Waals surface area contributed by atoms with Crippen LogP contribution in [0.2, 0.25) is 5.02 Å². The number of anilines is 1. The number of carbonyl (C=O) groups excluding carboxylic acids is 1. The number of hydrogen-bond donors (Lipinski definition) is 2. The minimum absolute atomic E-state index is 0.130. The Hall–Kier alpha value is -3.86. The van der Waals surface area contributed by atoms with Crippen molar-refractivity contribution in [3.63, 3.8) is 0 Å². The Balaban J connectivity index is 1.80. The van der Waals surface area contributed by atoms with E-state index < -0.39 is 30.4 Å². The number of para-hydroxylation sites is 1. The molecule has 0 radical (unpaired) electrons. The first kappa shape index (κ1) is 22.8. The molecule has 2 N–H and O–H groups in total. The van der Waals surface area contributed by atoms with Crippen molar-refractivity contribution < 1.29 is 32.6 Å². The van der Waals surface area contributed by atoms with Crippen molar-refractivity contribution in [2.45, 2.75) is 6.18 Å². The summed E-state index contributed by atoms with van der Waals surface area (Å²) >= 11 is 6.06. The van der Waals surface area contributed by atoms with E-state index in [1.54, 1.807) is 12.1 Å². The van der Waals surface area contributed by atoms with Crippen LogP contribution in [0.1, 0.15) is 11.3 Å². The molecule has 0 unspecified atom stereocenters. The van der Waals surface area contributed by atoms with E-state index in [1.807, 2.05) is 0 Å². The van der Waals surface area contributed by atoms with E-state index in [4.69, 9.17) is 21.4 Å². The van der Waals surface area contributed by atoms with E-state index in [9.17, 15) is 22.8 Å². The molecular weight excluding hydrogens is 453 g/mol. The van der Waals surface area contributed by atoms with Crippen LogP contribution in [0.3, 0.4) is 0 Å². The van der Waals surface area contributed by atoms with Crippen molar-refractivity contribution >= 4 is 35.2 Å². The number of halogens is 4. The van der Waals surface area contributed by atoms with E-state index in [1.165, 1.54) is 36.7 Å². The summed E-state index contributed by atoms with van der Waals surface area (Å²) in [4.78, 5) is 26.9. The van der Waals surface area contributed by atoms with Gasteiger partial charge in [0, 0.05) is 30.1 Å². The number of nitrogens with zero attached hydrogens (tertiary/aromatic N) is 3. The second-order valence-corrected chi connectivity index (χ2v) is 6.61. The number of alkyl halides is 3. The van der Waals surface area contributed by atoms with Gasteiger partial charge in [-0.1, -0.05) is 23.7 Å². The molecule has 0 saturated carbocycles. The van der Waals surface area contributed by atoms with E-state index in [0.717, 1.165) is 10.8 Å². The fourth-order valence-corrected chi connectivity index (χ4v) is 2.76. The smallest absolute Gasteiger partial charge is 0.435 e. The third-order valence-electron chi connectivity index (χ3n) is 3.93. The van der Waals surface area contributed by atoms with Gasteiger partial charge >= 0.3 is 12.1 Å². The third kappa shape index (κ3) is 5.64. The van der Waals surface area contributed by atoms with Gasteiger partial charge in [-0.2, -0.15) is 23.0 Å². The zero-order valence-electron chi connectivity index (χ0n) is 16.0. The standard InChI is InChI=1S/C20H14ClF3N4O4/c21-13-3-1-2-4-15(13)28-18(9-16(27-28)20(22,23)24)32-11-17(29)26-14-7-8-25-10-12(14)5-6-19(30)31/h1-10H,11H2,(H,30,31)(H,25,26,29)/b6-5+. The number of carboxylic acid groups (broad SMARTS) is 1. The Kier molecular flexibility index (Phi) is 6.79. The van der Waals surface area contributed by atoms with Gasteiger partial charge < -0.3 is 15.2 Å². The Bertz CT molecular complexity index is 1180. The van der Waals surface area contributed by atoms with Gasteiger partial charge in [0.2, 0.25) is 5.88 Å². The van der Waals surface area contributed by atoms with Crippen LogP contribution in [-0.4, -0.2) is 38.4 Å². The maximum atomic E-state index is 13.2. The average Bonchev–Trinajstić information content (AvgIpc) is 3.16. The number of aromatic nitrogens is 3. The Morgan fingerprint density at radius 3 is 2.69 bits per heavy atom. The van der Waals surface area contributed by atoms with E-state index in [2.05, 4.69) is 15.4 Å². The summed E-state index contributed by atoms with van der Waals surface area (Å²) in [5, 5.41) is 14.9. The third-order valence-corrected chi connectivity index (χ3v) is 4.25. The van der Waals surface area contributed by atoms with Crippen molar-refractivity contribution in [1.82, 2.24) is 14.8 Å². The highest BCUT2D eigenvalue weighted by molar-refractivity contribution is 6.32. The highest BCUT2D eigenvalue weighted by Crippen LogP contribution is 2.33. The number of aliphatic carboxylic acids is 1. The Morgan fingerprint density at radius 1 is 1.25 bits per heavy atom. The molecule has 1 amide bonds. The van der Waals surface area contributed by atoms with Crippen molar-refractivity contribution in [2.75, 3.05) is 11.9 Å². The lowest BCUT2D eigenvalue weighted by molar-refractivity contribution is -0.141. The summed E-state index contributed by atoms with van der Waals surface area (Å²) in [6.45, 7) is -0.655. The lowest BCUT2D eigenvalue weighted by Crippen LogP contribution is -2.21. The lowest BCUT2D eigenvalue weighted by Gasteiger charge is -2.11. The van der Waals surface area contributed by atoms with Crippen LogP contribution in [0.15, 0.2) is 54.9 Å². The Labute approximate surface area is 183 Å². The molecule has 0 fully saturated rings. The zero-order chi connectivity index (χ0) is 23.3. The maximum absolute atomic E-state index is 13.2. The van der Waals surface area contributed by atoms with Crippen molar-refractivity contribution in [1.29, 1.82) is 0 Å². The molecule has 2 aromatic heterocycles. The van der Waals surface area contributed by atoms with Crippen LogP contribution in [0.4, 0.5) is 18.9 Å². The number of pyridine rings is 1. The van der Waals surface area contributed by atoms with Gasteiger partial charge in [0.05, 0.1) is 16.4 Å². The second kappa shape index (κ2) is 9.52. The van der Waals surface area contributed by atoms with E-state index in [-0.39, 0.29) is 22.3 Å². The lowest BCUT2D eigenvalue weighted by atomic mass is 10.2. The van der Waals surface area contributed by atoms with Crippen LogP contribution < -0.4 is 10.1 Å². The highest BCUT2D eigenvalue weighted by atomic mass is 35.5. The summed E-state index contributed by atoms with van der Waals surface area (Å²) in [5.41, 5.74) is -0.538. The quantitative estimate of drug-likeness (QED) is 0.509. The number of ether oxygens (including phenoxy) is 1. The van der Waals surface area contributed by atoms with Gasteiger partial charge in [-0.15, -0.1) is 0 Å². The van der Waals surface area contributed by atoms with Crippen LogP contribution in [0.5, 0.6) is 5.88 Å². The summed E-state index contributed by atoms with van der Waals surface area (Å²) < 4.78 is 45.6. The fraction of sp³-hybridized carbons (Fsp3) is 0.100. The predicted octanol–water partition coefficient (Wildman–Crippen LogP) is 4.05. The largest absolute Gasteiger partial charge is 0.478 e. The van der Waals surface area contributed by atoms with Crippen LogP contribution in [-0.2, 0) is 15.8 Å². The molecule has 0 aliphatic rings. The summed E-state index contributed by atoms with van der Waals surface area (Å²) in [5.74, 6) is -2.24. The average molecular weight is 467 g/mol. The van der Waals surface area contributed by atoms with Crippen LogP contribution in [0.25, 0.3) is 11.8 Å². The number of nitrogens with one attached hydrogen (secondary N) is 1. The molecule has 32 heavy (non-hydrogen) atoms. The minimum atomic E-state index is -4.74. The molecule has 12 heteroatoms. The van der Waals surface area contributed by atoms with Gasteiger partial charge in [0.25, 0.3) is 5.91 Å². The zero-order valence-corrected chi connectivity index (χ0v) is 16.8. The van der Waals surface area contributed by atoms with Gasteiger partial charge in [0.1, 0.15) is 0 Å². The van der Waals surface area contributed by atoms with Crippen molar-refractivity contribution in [3.8, 4) is 11.6 Å². The molecule has 0 saturated heterocycles. The SMILES string of the molecule is O=C(O)/C=C/c1cnccc1NC(=O)COc1cc(C(F)(F)F)nn1-c1ccccc1Cl. The number of rotatable bonds is 7. The van der Waals surface area contributed by atoms with Gasteiger partial charge in [0.15, 0.2) is 12.3 Å². The van der Waals surface area contributed by atoms with Crippen LogP contribution in [0, 0.1) is 0 Å². The number of amides is 1. The minimum Gasteiger partial charge on any atom is -0.478 e. The van der Waals surface area contributed by atoms with Crippen molar-refractivity contribution in [2.24, 2.45) is 0 Å². The Morgan fingerprint density at radius 2 is 2.00 bits per heavy atom. The molecule has 1 aromatic carbocycles. The molecule has 0 spiro atoms. The topological polar surface area (TPSA) is 106 Å². The molecule has 3 aromatic rings. The molecule has 166 valence electrons. The molecule has 0 aliphatic heterocycles. The fourth-order valence-electron chi connectivity index (χ4n) is 2.54. The number of carboxylic acids is 1. The molecule has 3 rings (SSSR count). The first-order valence-corrected chi connectivity index (χ1v) is 9.23. The summed E-state index contributed by atoms with van der Waals surface area (Å²) in [7, 11) is 0. The van der Waals surface area contributed by atoms with E-state index >= 15 is 0 Å². The van der Waals surface area contributed by atoms with Crippen molar-refractivity contribution in [3.05, 3.63) is 71.1 Å². The summed E-state index contributed by atoms with van der Waals surface area (Å²) in [6.07, 6.45) is 0.0574. The number of benzene rings is 1. The molecular formula is C20H14ClF3N4O4. The number of hydrogen-bond acceptors (Lipinski definition) is 5. The van der Waals surface area contributed by atoms with Gasteiger partial charge in [-0.3, -0.25) is 9.78 Å². The second-order valence-electron chi connectivity index (χ2n) is 6.20. The molecule has 8 nitrogen and oxygen atoms in total. The highest BCUT2D eigenvalue weighted by Gasteiger charge is 2.36. The number of carbonyl (C=O) groups is 2. The molecule has 0 bridgehead atoms. The summed E-state index contributed by atoms with van der Waals surface area (Å²) in [6, 6.07) is 8.15. The molecule has 2 heterocycles. The van der Waals surface area contributed by atoms with Gasteiger partial charge in [-0.25, -0.2) is 4.79 Å². The molecule has 0 aliphatic carbocycles. The van der Waals surface area contributed by atoms with E-state index in [0.29, 0.717) is 11.6 Å². The van der Waals surface area contributed by atoms with Crippen LogP contribution >= 0.6 is 11.6 Å². The predicted molar refractivity (Wildman–Crippen MR) is 109 cm³/mol. The molecule has 0 atom stereocenters. The monoisotopic (exact) mass is 466 g/mol. The maximum Gasteiger partial charge on any atom is 0.435 e. The normalized spacial score (nSPS) is 11.5.